The maximum atomic E-state index is 15.3. The highest BCUT2D eigenvalue weighted by Crippen LogP contribution is 2.36. The molecule has 2 aliphatic heterocycles. The Morgan fingerprint density at radius 3 is 2.57 bits per heavy atom. The summed E-state index contributed by atoms with van der Waals surface area (Å²) in [5.41, 5.74) is -0.523. The number of hydrogen-bond donors (Lipinski definition) is 2. The van der Waals surface area contributed by atoms with Gasteiger partial charge in [0.15, 0.2) is 5.69 Å². The Hall–Kier alpha value is -4.61. The van der Waals surface area contributed by atoms with Gasteiger partial charge in [-0.3, -0.25) is 4.79 Å². The van der Waals surface area contributed by atoms with Gasteiger partial charge < -0.3 is 20.1 Å². The first-order valence-electron chi connectivity index (χ1n) is 15.4. The van der Waals surface area contributed by atoms with Gasteiger partial charge in [0.1, 0.15) is 29.6 Å². The molecule has 0 radical (unpaired) electrons. The molecular formula is C34H34F4N4O4. The normalized spacial score (nSPS) is 20.3. The van der Waals surface area contributed by atoms with E-state index in [0.29, 0.717) is 34.3 Å². The second-order valence-corrected chi connectivity index (χ2v) is 11.9. The quantitative estimate of drug-likeness (QED) is 0.260. The Morgan fingerprint density at radius 2 is 1.85 bits per heavy atom. The number of alkyl halides is 3. The number of carbonyl (C=O) groups excluding carboxylic acids is 1. The summed E-state index contributed by atoms with van der Waals surface area (Å²) in [6, 6.07) is 11.4. The zero-order valence-electron chi connectivity index (χ0n) is 25.0. The number of aromatic carboxylic acids is 1. The fourth-order valence-electron chi connectivity index (χ4n) is 6.31. The van der Waals surface area contributed by atoms with Gasteiger partial charge in [-0.2, -0.15) is 18.3 Å². The summed E-state index contributed by atoms with van der Waals surface area (Å²) in [7, 11) is 0. The molecule has 2 atom stereocenters. The summed E-state index contributed by atoms with van der Waals surface area (Å²) in [4.78, 5) is 26.1. The molecule has 0 spiro atoms. The topological polar surface area (TPSA) is 96.7 Å². The first kappa shape index (κ1) is 31.4. The van der Waals surface area contributed by atoms with Crippen LogP contribution in [0.5, 0.6) is 5.75 Å². The van der Waals surface area contributed by atoms with E-state index in [1.165, 1.54) is 6.08 Å². The maximum absolute atomic E-state index is 15.3. The number of nitrogens with one attached hydrogen (secondary N) is 1. The number of carboxylic acids is 1. The average Bonchev–Trinajstić information content (AvgIpc) is 3.33. The molecule has 2 N–H and O–H groups in total. The second-order valence-electron chi connectivity index (χ2n) is 11.9. The third kappa shape index (κ3) is 6.52. The standard InChI is InChI=1S/C34H34F4N4O4/c35-27-18-23(21-8-5-16-41(17-15-21)32(43)22-6-3-7-22)13-14-24(27)20-46-29-11-2-1-9-25(29)28-10-4-12-30(40-28)42-31(34(36,37)38)26(19-39-42)33(44)45/h1-2,4,9-14,18-19,21-22,28,40H,3,5-8,15-17,20H2,(H,44,45). The van der Waals surface area contributed by atoms with Gasteiger partial charge in [0.25, 0.3) is 0 Å². The molecule has 0 bridgehead atoms. The summed E-state index contributed by atoms with van der Waals surface area (Å²) in [5, 5.41) is 15.9. The molecule has 1 saturated carbocycles. The van der Waals surface area contributed by atoms with Gasteiger partial charge in [-0.1, -0.05) is 48.9 Å². The molecule has 12 heteroatoms. The van der Waals surface area contributed by atoms with Crippen LogP contribution in [0.2, 0.25) is 0 Å². The molecule has 8 nitrogen and oxygen atoms in total. The Balaban J connectivity index is 1.12. The number of carboxylic acid groups (broad SMARTS) is 1. The molecule has 2 aromatic carbocycles. The number of hydrogen-bond acceptors (Lipinski definition) is 5. The number of para-hydroxylation sites is 1. The van der Waals surface area contributed by atoms with Crippen molar-refractivity contribution in [3.05, 3.63) is 101 Å². The van der Waals surface area contributed by atoms with Crippen LogP contribution in [0.4, 0.5) is 17.6 Å². The van der Waals surface area contributed by atoms with E-state index in [0.717, 1.165) is 50.6 Å². The van der Waals surface area contributed by atoms with E-state index in [2.05, 4.69) is 10.4 Å². The Bertz CT molecular complexity index is 1680. The van der Waals surface area contributed by atoms with Crippen LogP contribution >= 0.6 is 0 Å². The van der Waals surface area contributed by atoms with E-state index >= 15 is 4.39 Å². The molecule has 2 fully saturated rings. The third-order valence-electron chi connectivity index (χ3n) is 9.04. The van der Waals surface area contributed by atoms with Gasteiger partial charge in [0.05, 0.1) is 12.2 Å². The van der Waals surface area contributed by atoms with E-state index in [9.17, 15) is 27.9 Å². The Morgan fingerprint density at radius 1 is 1.04 bits per heavy atom. The molecule has 242 valence electrons. The number of amides is 1. The molecule has 3 heterocycles. The van der Waals surface area contributed by atoms with Crippen LogP contribution in [-0.4, -0.2) is 44.8 Å². The van der Waals surface area contributed by atoms with E-state index < -0.39 is 35.3 Å². The average molecular weight is 639 g/mol. The number of rotatable bonds is 8. The molecule has 6 rings (SSSR count). The van der Waals surface area contributed by atoms with E-state index in [1.54, 1.807) is 48.6 Å². The van der Waals surface area contributed by atoms with Gasteiger partial charge >= 0.3 is 12.1 Å². The summed E-state index contributed by atoms with van der Waals surface area (Å²) < 4.78 is 63.3. The lowest BCUT2D eigenvalue weighted by Gasteiger charge is -2.31. The first-order valence-corrected chi connectivity index (χ1v) is 15.4. The minimum atomic E-state index is -4.96. The largest absolute Gasteiger partial charge is 0.488 e. The predicted octanol–water partition coefficient (Wildman–Crippen LogP) is 6.91. The van der Waals surface area contributed by atoms with Gasteiger partial charge in [-0.15, -0.1) is 0 Å². The monoisotopic (exact) mass is 638 g/mol. The zero-order valence-corrected chi connectivity index (χ0v) is 25.0. The van der Waals surface area contributed by atoms with Crippen LogP contribution in [0.1, 0.15) is 83.2 Å². The van der Waals surface area contributed by atoms with Crippen molar-refractivity contribution in [1.29, 1.82) is 0 Å². The lowest BCUT2D eigenvalue weighted by molar-refractivity contribution is -0.143. The number of allylic oxidation sites excluding steroid dienone is 2. The van der Waals surface area contributed by atoms with Crippen molar-refractivity contribution in [2.24, 2.45) is 5.92 Å². The van der Waals surface area contributed by atoms with Crippen LogP contribution in [0.3, 0.4) is 0 Å². The Kier molecular flexibility index (Phi) is 8.88. The minimum absolute atomic E-state index is 0.0715. The zero-order chi connectivity index (χ0) is 32.4. The molecule has 1 aromatic heterocycles. The van der Waals surface area contributed by atoms with Crippen molar-refractivity contribution in [1.82, 2.24) is 20.0 Å². The van der Waals surface area contributed by atoms with Crippen molar-refractivity contribution in [2.45, 2.75) is 63.3 Å². The number of nitrogens with zero attached hydrogens (tertiary/aromatic N) is 3. The van der Waals surface area contributed by atoms with Crippen molar-refractivity contribution in [2.75, 3.05) is 13.1 Å². The lowest BCUT2D eigenvalue weighted by atomic mass is 9.84. The van der Waals surface area contributed by atoms with Gasteiger partial charge in [0.2, 0.25) is 5.91 Å². The fraction of sp³-hybridized carbons (Fsp3) is 0.382. The third-order valence-corrected chi connectivity index (χ3v) is 9.04. The Labute approximate surface area is 263 Å². The van der Waals surface area contributed by atoms with Gasteiger partial charge in [-0.05, 0) is 61.8 Å². The fourth-order valence-corrected chi connectivity index (χ4v) is 6.31. The van der Waals surface area contributed by atoms with Crippen molar-refractivity contribution < 1.29 is 37.0 Å². The molecular weight excluding hydrogens is 604 g/mol. The van der Waals surface area contributed by atoms with Crippen LogP contribution in [-0.2, 0) is 17.6 Å². The molecule has 1 saturated heterocycles. The van der Waals surface area contributed by atoms with E-state index in [-0.39, 0.29) is 30.2 Å². The van der Waals surface area contributed by atoms with Crippen molar-refractivity contribution in [3.63, 3.8) is 0 Å². The highest BCUT2D eigenvalue weighted by atomic mass is 19.4. The summed E-state index contributed by atoms with van der Waals surface area (Å²) >= 11 is 0. The number of benzene rings is 2. The van der Waals surface area contributed by atoms with E-state index in [4.69, 9.17) is 4.74 Å². The number of halogens is 4. The van der Waals surface area contributed by atoms with Crippen LogP contribution in [0, 0.1) is 11.7 Å². The number of ether oxygens (including phenoxy) is 1. The van der Waals surface area contributed by atoms with Crippen LogP contribution in [0.25, 0.3) is 5.82 Å². The minimum Gasteiger partial charge on any atom is -0.488 e. The predicted molar refractivity (Wildman–Crippen MR) is 161 cm³/mol. The number of carbonyl (C=O) groups is 2. The molecule has 3 aromatic rings. The summed E-state index contributed by atoms with van der Waals surface area (Å²) in [6.45, 7) is 1.36. The van der Waals surface area contributed by atoms with E-state index in [1.807, 2.05) is 11.0 Å². The lowest BCUT2D eigenvalue weighted by Crippen LogP contribution is -2.39. The van der Waals surface area contributed by atoms with Crippen molar-refractivity contribution in [3.8, 4) is 5.75 Å². The highest BCUT2D eigenvalue weighted by Gasteiger charge is 2.41. The molecule has 1 aliphatic carbocycles. The highest BCUT2D eigenvalue weighted by molar-refractivity contribution is 5.89. The SMILES string of the molecule is O=C(O)c1cnn(C2=CC=CC(c3ccccc3OCc3ccc(C4CCCN(C(=O)C5CCC5)CC4)cc3F)N2)c1C(F)(F)F. The summed E-state index contributed by atoms with van der Waals surface area (Å²) in [6.07, 6.45) is 5.96. The van der Waals surface area contributed by atoms with Gasteiger partial charge in [-0.25, -0.2) is 13.9 Å². The van der Waals surface area contributed by atoms with Gasteiger partial charge in [0, 0.05) is 30.1 Å². The maximum Gasteiger partial charge on any atom is 0.434 e. The molecule has 46 heavy (non-hydrogen) atoms. The molecule has 1 amide bonds. The number of dihydropyridines is 1. The van der Waals surface area contributed by atoms with Crippen LogP contribution < -0.4 is 10.1 Å². The summed E-state index contributed by atoms with van der Waals surface area (Å²) in [5.74, 6) is -1.21. The first-order chi connectivity index (χ1) is 22.1. The van der Waals surface area contributed by atoms with Crippen molar-refractivity contribution >= 4 is 17.7 Å². The second kappa shape index (κ2) is 13.0. The molecule has 3 aliphatic rings. The number of aromatic nitrogens is 2. The van der Waals surface area contributed by atoms with Crippen LogP contribution in [0.15, 0.2) is 66.9 Å². The smallest absolute Gasteiger partial charge is 0.434 e. The molecule has 2 unspecified atom stereocenters. The number of likely N-dealkylation sites (tertiary alicyclic amines) is 1.